The number of pyridine rings is 1. The number of rotatable bonds is 2. The third kappa shape index (κ3) is 2.19. The highest BCUT2D eigenvalue weighted by Gasteiger charge is 2.17. The molecule has 0 amide bonds. The van der Waals surface area contributed by atoms with Gasteiger partial charge in [0.1, 0.15) is 10.3 Å². The smallest absolute Gasteiger partial charge is 0.280 e. The molecule has 0 aliphatic carbocycles. The van der Waals surface area contributed by atoms with Crippen LogP contribution in [-0.2, 0) is 0 Å². The van der Waals surface area contributed by atoms with Gasteiger partial charge in [0.15, 0.2) is 0 Å². The summed E-state index contributed by atoms with van der Waals surface area (Å²) in [5.74, 6) is 0. The van der Waals surface area contributed by atoms with Gasteiger partial charge in [0.05, 0.1) is 11.3 Å². The van der Waals surface area contributed by atoms with Crippen LogP contribution in [0.3, 0.4) is 0 Å². The quantitative estimate of drug-likeness (QED) is 0.671. The molecule has 76 valence electrons. The summed E-state index contributed by atoms with van der Waals surface area (Å²) in [7, 11) is 0. The van der Waals surface area contributed by atoms with Crippen molar-refractivity contribution in [3.05, 3.63) is 21.9 Å². The van der Waals surface area contributed by atoms with E-state index in [1.165, 1.54) is 0 Å². The van der Waals surface area contributed by atoms with E-state index < -0.39 is 17.4 Å². The molecule has 0 saturated carbocycles. The number of nitrogen functional groups attached to an aromatic ring is 1. The maximum atomic E-state index is 12.2. The summed E-state index contributed by atoms with van der Waals surface area (Å²) in [6.45, 7) is 0. The molecular formula is C7H4BrClF2N2O. The van der Waals surface area contributed by atoms with Gasteiger partial charge in [0.2, 0.25) is 0 Å². The lowest BCUT2D eigenvalue weighted by Crippen LogP contribution is -2.03. The Kier molecular flexibility index (Phi) is 3.38. The monoisotopic (exact) mass is 284 g/mol. The highest BCUT2D eigenvalue weighted by atomic mass is 79.9. The number of alkyl halides is 2. The number of nitrogens with zero attached hydrogens (tertiary/aromatic N) is 1. The van der Waals surface area contributed by atoms with E-state index in [0.29, 0.717) is 0 Å². The van der Waals surface area contributed by atoms with Crippen LogP contribution in [0, 0.1) is 0 Å². The van der Waals surface area contributed by atoms with Gasteiger partial charge in [0, 0.05) is 0 Å². The summed E-state index contributed by atoms with van der Waals surface area (Å²) in [6, 6.07) is 0.875. The van der Waals surface area contributed by atoms with E-state index >= 15 is 0 Å². The molecule has 0 atom stereocenters. The van der Waals surface area contributed by atoms with Crippen LogP contribution in [0.15, 0.2) is 10.7 Å². The van der Waals surface area contributed by atoms with Crippen LogP contribution in [0.5, 0.6) is 0 Å². The highest BCUT2D eigenvalue weighted by Crippen LogP contribution is 2.27. The van der Waals surface area contributed by atoms with Crippen LogP contribution in [0.1, 0.15) is 22.5 Å². The van der Waals surface area contributed by atoms with E-state index in [0.717, 1.165) is 6.07 Å². The summed E-state index contributed by atoms with van der Waals surface area (Å²) in [6.07, 6.45) is -2.78. The van der Waals surface area contributed by atoms with Crippen LogP contribution >= 0.6 is 27.5 Å². The average molecular weight is 285 g/mol. The van der Waals surface area contributed by atoms with Gasteiger partial charge in [0.25, 0.3) is 11.7 Å². The second-order valence-electron chi connectivity index (χ2n) is 2.37. The lowest BCUT2D eigenvalue weighted by molar-refractivity contribution is 0.108. The first kappa shape index (κ1) is 11.3. The molecule has 0 aliphatic heterocycles. The van der Waals surface area contributed by atoms with Gasteiger partial charge in [-0.25, -0.2) is 13.8 Å². The van der Waals surface area contributed by atoms with Crippen LogP contribution in [0.4, 0.5) is 14.5 Å². The zero-order valence-corrected chi connectivity index (χ0v) is 8.94. The first-order valence-corrected chi connectivity index (χ1v) is 4.54. The lowest BCUT2D eigenvalue weighted by Gasteiger charge is -2.05. The van der Waals surface area contributed by atoms with Crippen LogP contribution in [0.2, 0.25) is 0 Å². The zero-order chi connectivity index (χ0) is 10.9. The number of carbonyl (C=O) groups excluding carboxylic acids is 1. The lowest BCUT2D eigenvalue weighted by atomic mass is 10.2. The number of hydrogen-bond donors (Lipinski definition) is 1. The summed E-state index contributed by atoms with van der Waals surface area (Å²) in [5.41, 5.74) is 4.62. The molecule has 0 fully saturated rings. The normalized spacial score (nSPS) is 10.6. The number of carbonyl (C=O) groups is 1. The van der Waals surface area contributed by atoms with E-state index in [1.54, 1.807) is 0 Å². The molecular weight excluding hydrogens is 281 g/mol. The Labute approximate surface area is 91.4 Å². The van der Waals surface area contributed by atoms with Crippen molar-refractivity contribution in [2.45, 2.75) is 6.43 Å². The van der Waals surface area contributed by atoms with Crippen molar-refractivity contribution in [3.63, 3.8) is 0 Å². The Bertz CT molecular complexity index is 386. The predicted octanol–water partition coefficient (Wildman–Crippen LogP) is 2.74. The molecule has 1 rings (SSSR count). The fourth-order valence-electron chi connectivity index (χ4n) is 0.817. The second kappa shape index (κ2) is 4.18. The predicted molar refractivity (Wildman–Crippen MR) is 51.5 cm³/mol. The van der Waals surface area contributed by atoms with Crippen molar-refractivity contribution in [3.8, 4) is 0 Å². The van der Waals surface area contributed by atoms with Crippen LogP contribution < -0.4 is 5.73 Å². The molecule has 0 saturated heterocycles. The van der Waals surface area contributed by atoms with E-state index in [2.05, 4.69) is 20.9 Å². The standard InChI is InChI=1S/C7H4BrClF2N2O/c8-5-4(12)2(6(9)14)1-3(13-5)7(10)11/h1,7H,12H2. The van der Waals surface area contributed by atoms with E-state index in [1.807, 2.05) is 0 Å². The summed E-state index contributed by atoms with van der Waals surface area (Å²) >= 11 is 8.00. The maximum Gasteiger partial charge on any atom is 0.280 e. The van der Waals surface area contributed by atoms with Gasteiger partial charge in [-0.2, -0.15) is 0 Å². The minimum absolute atomic E-state index is 0.0145. The van der Waals surface area contributed by atoms with Crippen molar-refractivity contribution >= 4 is 38.5 Å². The van der Waals surface area contributed by atoms with Crippen molar-refractivity contribution in [2.75, 3.05) is 5.73 Å². The Morgan fingerprint density at radius 1 is 1.64 bits per heavy atom. The summed E-state index contributed by atoms with van der Waals surface area (Å²) in [4.78, 5) is 14.2. The minimum atomic E-state index is -2.78. The van der Waals surface area contributed by atoms with Crippen molar-refractivity contribution in [1.82, 2.24) is 4.98 Å². The van der Waals surface area contributed by atoms with Gasteiger partial charge >= 0.3 is 0 Å². The maximum absolute atomic E-state index is 12.2. The molecule has 2 N–H and O–H groups in total. The zero-order valence-electron chi connectivity index (χ0n) is 6.60. The van der Waals surface area contributed by atoms with Crippen molar-refractivity contribution in [1.29, 1.82) is 0 Å². The van der Waals surface area contributed by atoms with Crippen LogP contribution in [0.25, 0.3) is 0 Å². The Balaban J connectivity index is 3.35. The van der Waals surface area contributed by atoms with E-state index in [4.69, 9.17) is 17.3 Å². The highest BCUT2D eigenvalue weighted by molar-refractivity contribution is 9.10. The Morgan fingerprint density at radius 2 is 2.21 bits per heavy atom. The Hall–Kier alpha value is -0.750. The largest absolute Gasteiger partial charge is 0.396 e. The van der Waals surface area contributed by atoms with Crippen LogP contribution in [-0.4, -0.2) is 10.2 Å². The molecule has 1 aromatic heterocycles. The average Bonchev–Trinajstić information content (AvgIpc) is 2.08. The molecule has 0 aliphatic rings. The van der Waals surface area contributed by atoms with Gasteiger partial charge < -0.3 is 5.73 Å². The number of aromatic nitrogens is 1. The third-order valence-electron chi connectivity index (χ3n) is 1.47. The van der Waals surface area contributed by atoms with Gasteiger partial charge in [-0.1, -0.05) is 0 Å². The van der Waals surface area contributed by atoms with Gasteiger partial charge in [-0.3, -0.25) is 4.79 Å². The Morgan fingerprint density at radius 3 is 2.64 bits per heavy atom. The molecule has 1 aromatic rings. The topological polar surface area (TPSA) is 56.0 Å². The molecule has 0 radical (unpaired) electrons. The molecule has 7 heteroatoms. The van der Waals surface area contributed by atoms with E-state index in [-0.39, 0.29) is 15.9 Å². The molecule has 0 spiro atoms. The number of hydrogen-bond acceptors (Lipinski definition) is 3. The second-order valence-corrected chi connectivity index (χ2v) is 3.47. The summed E-state index contributed by atoms with van der Waals surface area (Å²) in [5, 5.41) is -0.896. The SMILES string of the molecule is Nc1c(C(=O)Cl)cc(C(F)F)nc1Br. The van der Waals surface area contributed by atoms with Gasteiger partial charge in [-0.15, -0.1) is 0 Å². The van der Waals surface area contributed by atoms with E-state index in [9.17, 15) is 13.6 Å². The minimum Gasteiger partial charge on any atom is -0.396 e. The fraction of sp³-hybridized carbons (Fsp3) is 0.143. The molecule has 3 nitrogen and oxygen atoms in total. The molecule has 0 aromatic carbocycles. The summed E-state index contributed by atoms with van der Waals surface area (Å²) < 4.78 is 24.5. The number of halogens is 4. The number of anilines is 1. The van der Waals surface area contributed by atoms with Crippen molar-refractivity contribution < 1.29 is 13.6 Å². The molecule has 0 unspecified atom stereocenters. The first-order chi connectivity index (χ1) is 6.43. The molecule has 14 heavy (non-hydrogen) atoms. The van der Waals surface area contributed by atoms with Crippen molar-refractivity contribution in [2.24, 2.45) is 0 Å². The molecule has 0 bridgehead atoms. The number of nitrogens with two attached hydrogens (primary N) is 1. The fourth-order valence-corrected chi connectivity index (χ4v) is 1.39. The molecule has 1 heterocycles. The first-order valence-electron chi connectivity index (χ1n) is 3.37. The van der Waals surface area contributed by atoms with Gasteiger partial charge in [-0.05, 0) is 33.6 Å². The third-order valence-corrected chi connectivity index (χ3v) is 2.28.